The molecule has 0 saturated heterocycles. The van der Waals surface area contributed by atoms with Crippen molar-refractivity contribution in [1.82, 2.24) is 24.6 Å². The summed E-state index contributed by atoms with van der Waals surface area (Å²) in [6.07, 6.45) is 1.60. The zero-order valence-corrected chi connectivity index (χ0v) is 9.83. The molecule has 0 spiro atoms. The number of hydrogen-bond donors (Lipinski definition) is 0. The maximum atomic E-state index is 5.77. The van der Waals surface area contributed by atoms with Crippen LogP contribution in [0.3, 0.4) is 0 Å². The van der Waals surface area contributed by atoms with Crippen molar-refractivity contribution in [2.45, 2.75) is 6.92 Å². The Morgan fingerprint density at radius 2 is 2.25 bits per heavy atom. The van der Waals surface area contributed by atoms with Gasteiger partial charge in [-0.25, -0.2) is 9.97 Å². The quantitative estimate of drug-likeness (QED) is 0.622. The van der Waals surface area contributed by atoms with Crippen LogP contribution in [0.25, 0.3) is 17.2 Å². The summed E-state index contributed by atoms with van der Waals surface area (Å²) >= 11 is 7.35. The van der Waals surface area contributed by atoms with E-state index in [2.05, 4.69) is 20.2 Å². The van der Waals surface area contributed by atoms with E-state index in [9.17, 15) is 0 Å². The van der Waals surface area contributed by atoms with Gasteiger partial charge >= 0.3 is 0 Å². The van der Waals surface area contributed by atoms with Crippen molar-refractivity contribution >= 4 is 28.6 Å². The number of fused-ring (bicyclic) bond motifs is 1. The first-order valence-corrected chi connectivity index (χ1v) is 5.78. The predicted molar refractivity (Wildman–Crippen MR) is 61.6 cm³/mol. The Morgan fingerprint density at radius 3 is 3.00 bits per heavy atom. The molecule has 3 aromatic rings. The first-order valence-electron chi connectivity index (χ1n) is 4.53. The minimum Gasteiger partial charge on any atom is -0.264 e. The lowest BCUT2D eigenvalue weighted by Crippen LogP contribution is -1.91. The largest absolute Gasteiger partial charge is 0.264 e. The van der Waals surface area contributed by atoms with Gasteiger partial charge in [-0.2, -0.15) is 0 Å². The highest BCUT2D eigenvalue weighted by Crippen LogP contribution is 2.20. The number of aromatic nitrogens is 5. The van der Waals surface area contributed by atoms with Gasteiger partial charge in [-0.05, 0) is 6.92 Å². The summed E-state index contributed by atoms with van der Waals surface area (Å²) in [5, 5.41) is 11.4. The molecule has 0 atom stereocenters. The highest BCUT2D eigenvalue weighted by molar-refractivity contribution is 7.09. The van der Waals surface area contributed by atoms with Crippen molar-refractivity contribution in [2.24, 2.45) is 0 Å². The molecule has 0 fully saturated rings. The normalized spacial score (nSPS) is 11.1. The summed E-state index contributed by atoms with van der Waals surface area (Å²) in [7, 11) is 0. The second-order valence-corrected chi connectivity index (χ2v) is 4.66. The van der Waals surface area contributed by atoms with Crippen LogP contribution in [0.4, 0.5) is 0 Å². The van der Waals surface area contributed by atoms with E-state index in [4.69, 9.17) is 11.6 Å². The second-order valence-electron chi connectivity index (χ2n) is 3.22. The Kier molecular flexibility index (Phi) is 2.12. The first kappa shape index (κ1) is 9.68. The number of hydrogen-bond acceptors (Lipinski definition) is 5. The van der Waals surface area contributed by atoms with Gasteiger partial charge in [0.05, 0.1) is 5.01 Å². The van der Waals surface area contributed by atoms with E-state index < -0.39 is 0 Å². The molecule has 5 nitrogen and oxygen atoms in total. The zero-order chi connectivity index (χ0) is 11.1. The van der Waals surface area contributed by atoms with Crippen molar-refractivity contribution in [3.05, 3.63) is 27.9 Å². The highest BCUT2D eigenvalue weighted by Gasteiger charge is 2.11. The third kappa shape index (κ3) is 1.46. The van der Waals surface area contributed by atoms with Crippen molar-refractivity contribution in [2.75, 3.05) is 0 Å². The molecule has 0 amide bonds. The number of nitrogens with zero attached hydrogens (tertiary/aromatic N) is 5. The average molecular weight is 252 g/mol. The van der Waals surface area contributed by atoms with Crippen LogP contribution in [0.2, 0.25) is 5.15 Å². The van der Waals surface area contributed by atoms with Crippen LogP contribution < -0.4 is 0 Å². The van der Waals surface area contributed by atoms with Gasteiger partial charge in [0.15, 0.2) is 11.5 Å². The summed E-state index contributed by atoms with van der Waals surface area (Å²) in [4.78, 5) is 8.36. The van der Waals surface area contributed by atoms with Gasteiger partial charge in [-0.15, -0.1) is 21.5 Å². The highest BCUT2D eigenvalue weighted by atomic mass is 35.5. The summed E-state index contributed by atoms with van der Waals surface area (Å²) in [5.74, 6) is 0.684. The maximum Gasteiger partial charge on any atom is 0.189 e. The van der Waals surface area contributed by atoms with E-state index in [1.165, 1.54) is 0 Å². The third-order valence-corrected chi connectivity index (χ3v) is 3.10. The van der Waals surface area contributed by atoms with Gasteiger partial charge in [-0.3, -0.25) is 4.40 Å². The van der Waals surface area contributed by atoms with Gasteiger partial charge in [-0.1, -0.05) is 11.6 Å². The maximum absolute atomic E-state index is 5.77. The van der Waals surface area contributed by atoms with E-state index >= 15 is 0 Å². The summed E-state index contributed by atoms with van der Waals surface area (Å²) in [6, 6.07) is 1.66. The molecule has 0 aliphatic heterocycles. The summed E-state index contributed by atoms with van der Waals surface area (Å²) in [6.45, 7) is 1.95. The standard InChI is InChI=1S/C9H6ClN5S/c1-5-12-6(3-16-5)9-14-13-8-2-7(10)11-4-15(8)9/h2-4H,1H3. The second kappa shape index (κ2) is 3.50. The van der Waals surface area contributed by atoms with Gasteiger partial charge in [0.2, 0.25) is 0 Å². The molecule has 0 aliphatic rings. The monoisotopic (exact) mass is 251 g/mol. The Morgan fingerprint density at radius 1 is 1.38 bits per heavy atom. The fourth-order valence-corrected chi connectivity index (χ4v) is 2.15. The van der Waals surface area contributed by atoms with Crippen molar-refractivity contribution in [3.63, 3.8) is 0 Å². The Hall–Kier alpha value is -1.53. The first-order chi connectivity index (χ1) is 7.74. The number of aryl methyl sites for hydroxylation is 1. The topological polar surface area (TPSA) is 56.0 Å². The molecule has 0 bridgehead atoms. The lowest BCUT2D eigenvalue weighted by atomic mass is 10.4. The number of thiazole rings is 1. The van der Waals surface area contributed by atoms with Crippen LogP contribution in [0, 0.1) is 6.92 Å². The van der Waals surface area contributed by atoms with Crippen LogP contribution in [0.1, 0.15) is 5.01 Å². The van der Waals surface area contributed by atoms with Crippen molar-refractivity contribution < 1.29 is 0 Å². The predicted octanol–water partition coefficient (Wildman–Crippen LogP) is 2.21. The average Bonchev–Trinajstić information content (AvgIpc) is 2.83. The van der Waals surface area contributed by atoms with E-state index in [0.29, 0.717) is 16.6 Å². The third-order valence-electron chi connectivity index (χ3n) is 2.12. The van der Waals surface area contributed by atoms with Crippen LogP contribution in [0.15, 0.2) is 17.8 Å². The molecule has 3 aromatic heterocycles. The van der Waals surface area contributed by atoms with E-state index in [0.717, 1.165) is 10.7 Å². The molecule has 0 unspecified atom stereocenters. The van der Waals surface area contributed by atoms with Gasteiger partial charge < -0.3 is 0 Å². The van der Waals surface area contributed by atoms with Crippen LogP contribution >= 0.6 is 22.9 Å². The molecule has 16 heavy (non-hydrogen) atoms. The molecule has 3 rings (SSSR count). The number of rotatable bonds is 1. The Bertz CT molecular complexity index is 659. The van der Waals surface area contributed by atoms with Crippen LogP contribution in [-0.4, -0.2) is 24.6 Å². The Labute approximate surface area is 99.8 Å². The molecule has 0 radical (unpaired) electrons. The molecule has 0 N–H and O–H groups in total. The minimum absolute atomic E-state index is 0.404. The fraction of sp³-hybridized carbons (Fsp3) is 0.111. The van der Waals surface area contributed by atoms with Gasteiger partial charge in [0, 0.05) is 11.4 Å². The summed E-state index contributed by atoms with van der Waals surface area (Å²) in [5.41, 5.74) is 1.47. The molecule has 0 saturated carbocycles. The molecule has 7 heteroatoms. The van der Waals surface area contributed by atoms with Crippen LogP contribution in [0.5, 0.6) is 0 Å². The van der Waals surface area contributed by atoms with Crippen molar-refractivity contribution in [1.29, 1.82) is 0 Å². The van der Waals surface area contributed by atoms with Gasteiger partial charge in [0.1, 0.15) is 17.2 Å². The lowest BCUT2D eigenvalue weighted by molar-refractivity contribution is 1.06. The Balaban J connectivity index is 2.25. The zero-order valence-electron chi connectivity index (χ0n) is 8.25. The molecular formula is C9H6ClN5S. The van der Waals surface area contributed by atoms with Crippen molar-refractivity contribution in [3.8, 4) is 11.5 Å². The van der Waals surface area contributed by atoms with E-state index in [1.807, 2.05) is 12.3 Å². The molecule has 0 aromatic carbocycles. The molecule has 3 heterocycles. The number of halogens is 1. The lowest BCUT2D eigenvalue weighted by Gasteiger charge is -1.95. The summed E-state index contributed by atoms with van der Waals surface area (Å²) < 4.78 is 1.76. The molecular weight excluding hydrogens is 246 g/mol. The smallest absolute Gasteiger partial charge is 0.189 e. The van der Waals surface area contributed by atoms with Crippen LogP contribution in [-0.2, 0) is 0 Å². The van der Waals surface area contributed by atoms with Gasteiger partial charge in [0.25, 0.3) is 0 Å². The SMILES string of the molecule is Cc1nc(-c2nnc3cc(Cl)ncn23)cs1. The molecule has 0 aliphatic carbocycles. The fourth-order valence-electron chi connectivity index (χ4n) is 1.41. The minimum atomic E-state index is 0.404. The molecule has 80 valence electrons. The van der Waals surface area contributed by atoms with E-state index in [1.54, 1.807) is 28.1 Å². The van der Waals surface area contributed by atoms with E-state index in [-0.39, 0.29) is 0 Å².